The van der Waals surface area contributed by atoms with Crippen LogP contribution in [0.1, 0.15) is 125 Å². The van der Waals surface area contributed by atoms with Gasteiger partial charge in [0.15, 0.2) is 0 Å². The molecule has 0 aromatic rings. The van der Waals surface area contributed by atoms with Gasteiger partial charge in [-0.05, 0) is 96.3 Å². The molecule has 15 atom stereocenters. The van der Waals surface area contributed by atoms with Crippen LogP contribution in [0, 0.1) is 17.8 Å². The molecule has 270 valence electrons. The van der Waals surface area contributed by atoms with Crippen LogP contribution in [0.15, 0.2) is 24.8 Å². The smallest absolute Gasteiger partial charge is 0.111 e. The molecule has 5 aliphatic rings. The van der Waals surface area contributed by atoms with Gasteiger partial charge >= 0.3 is 0 Å². The molecule has 0 radical (unpaired) electrons. The van der Waals surface area contributed by atoms with Gasteiger partial charge in [0.1, 0.15) is 6.10 Å². The molecule has 0 spiro atoms. The Balaban J connectivity index is 1.24. The third-order valence-corrected chi connectivity index (χ3v) is 12.8. The Morgan fingerprint density at radius 1 is 0.872 bits per heavy atom. The fourth-order valence-corrected chi connectivity index (χ4v) is 9.19. The Kier molecular flexibility index (Phi) is 12.4. The molecule has 3 N–H and O–H groups in total. The SMILES string of the molecule is C=C/C=C\CC[C@H]1OC2CC[C@@]3(C)O[C@H]4C(O)C[C@@]5(C)O[C@@H](CCCC(C)C(C)CCO)C(C)CC5OC4CC3OC2CC[C@@]1(C)O. The summed E-state index contributed by atoms with van der Waals surface area (Å²) in [5.41, 5.74) is -2.07. The number of aliphatic hydroxyl groups is 3. The Bertz CT molecular complexity index is 1050. The van der Waals surface area contributed by atoms with Crippen LogP contribution >= 0.6 is 0 Å². The van der Waals surface area contributed by atoms with E-state index in [-0.39, 0.29) is 49.3 Å². The summed E-state index contributed by atoms with van der Waals surface area (Å²) in [6.45, 7) is 17.0. The van der Waals surface area contributed by atoms with Crippen molar-refractivity contribution in [2.45, 2.75) is 197 Å². The predicted octanol–water partition coefficient (Wildman–Crippen LogP) is 6.43. The summed E-state index contributed by atoms with van der Waals surface area (Å²) in [6, 6.07) is 0. The lowest BCUT2D eigenvalue weighted by Crippen LogP contribution is -2.59. The first kappa shape index (κ1) is 37.4. The minimum absolute atomic E-state index is 0.118. The lowest BCUT2D eigenvalue weighted by Gasteiger charge is -2.49. The highest BCUT2D eigenvalue weighted by atomic mass is 16.6. The van der Waals surface area contributed by atoms with E-state index in [1.54, 1.807) is 6.08 Å². The van der Waals surface area contributed by atoms with Crippen LogP contribution in [-0.4, -0.2) is 93.7 Å². The van der Waals surface area contributed by atoms with Crippen LogP contribution in [0.25, 0.3) is 0 Å². The van der Waals surface area contributed by atoms with Crippen molar-refractivity contribution in [3.8, 4) is 0 Å². The van der Waals surface area contributed by atoms with Crippen LogP contribution in [-0.2, 0) is 23.7 Å². The molecule has 9 unspecified atom stereocenters. The largest absolute Gasteiger partial charge is 0.396 e. The van der Waals surface area contributed by atoms with Crippen molar-refractivity contribution < 1.29 is 39.0 Å². The quantitative estimate of drug-likeness (QED) is 0.218. The number of rotatable bonds is 11. The zero-order chi connectivity index (χ0) is 34.0. The molecule has 0 bridgehead atoms. The molecule has 5 rings (SSSR count). The maximum atomic E-state index is 11.7. The summed E-state index contributed by atoms with van der Waals surface area (Å²) in [5.74, 6) is 1.44. The summed E-state index contributed by atoms with van der Waals surface area (Å²) in [7, 11) is 0. The maximum absolute atomic E-state index is 11.7. The Hall–Kier alpha value is -0.840. The fraction of sp³-hybridized carbons (Fsp3) is 0.897. The van der Waals surface area contributed by atoms with Gasteiger partial charge in [0, 0.05) is 19.4 Å². The summed E-state index contributed by atoms with van der Waals surface area (Å²) in [5, 5.41) is 32.4. The van der Waals surface area contributed by atoms with Crippen LogP contribution in [0.4, 0.5) is 0 Å². The highest BCUT2D eigenvalue weighted by molar-refractivity contribution is 5.07. The Morgan fingerprint density at radius 3 is 2.30 bits per heavy atom. The highest BCUT2D eigenvalue weighted by Crippen LogP contribution is 2.49. The minimum atomic E-state index is -0.917. The molecule has 47 heavy (non-hydrogen) atoms. The van der Waals surface area contributed by atoms with Gasteiger partial charge in [-0.2, -0.15) is 0 Å². The minimum Gasteiger partial charge on any atom is -0.396 e. The standard InChI is InChI=1S/C39H66O8/c1-8-9-10-11-15-33-37(5,42)19-16-30-31(43-33)17-20-38(6)35(44-30)23-32-36(47-38)28(41)24-39(7)34(45-32)22-27(4)29(46-39)14-12-13-25(2)26(3)18-21-40/h8-10,25-36,40-42H,1,11-24H2,2-7H3/b10-9-/t25?,26?,27?,28?,29-,30?,31?,32?,33+,34?,35?,36-,37+,38+,39+/m0/s1. The van der Waals surface area contributed by atoms with Crippen molar-refractivity contribution in [3.63, 3.8) is 0 Å². The number of allylic oxidation sites excluding steroid dienone is 3. The van der Waals surface area contributed by atoms with Gasteiger partial charge in [-0.15, -0.1) is 0 Å². The summed E-state index contributed by atoms with van der Waals surface area (Å²) >= 11 is 0. The molecule has 5 fully saturated rings. The van der Waals surface area contributed by atoms with E-state index >= 15 is 0 Å². The number of aliphatic hydroxyl groups excluding tert-OH is 2. The second kappa shape index (κ2) is 15.6. The van der Waals surface area contributed by atoms with Crippen molar-refractivity contribution >= 4 is 0 Å². The normalized spacial score (nSPS) is 46.9. The van der Waals surface area contributed by atoms with Gasteiger partial charge in [-0.1, -0.05) is 58.4 Å². The van der Waals surface area contributed by atoms with Gasteiger partial charge in [-0.3, -0.25) is 0 Å². The maximum Gasteiger partial charge on any atom is 0.111 e. The molecule has 0 aromatic heterocycles. The third-order valence-electron chi connectivity index (χ3n) is 12.8. The average molecular weight is 663 g/mol. The van der Waals surface area contributed by atoms with Crippen molar-refractivity contribution in [2.24, 2.45) is 17.8 Å². The van der Waals surface area contributed by atoms with Gasteiger partial charge in [0.25, 0.3) is 0 Å². The molecule has 5 heterocycles. The van der Waals surface area contributed by atoms with E-state index in [0.29, 0.717) is 37.0 Å². The molecule has 8 nitrogen and oxygen atoms in total. The van der Waals surface area contributed by atoms with Crippen LogP contribution < -0.4 is 0 Å². The van der Waals surface area contributed by atoms with Crippen molar-refractivity contribution in [3.05, 3.63) is 24.8 Å². The summed E-state index contributed by atoms with van der Waals surface area (Å²) in [4.78, 5) is 0. The number of fused-ring (bicyclic) bond motifs is 4. The molecular weight excluding hydrogens is 596 g/mol. The van der Waals surface area contributed by atoms with E-state index in [2.05, 4.69) is 47.3 Å². The van der Waals surface area contributed by atoms with E-state index in [1.165, 1.54) is 0 Å². The number of hydrogen-bond donors (Lipinski definition) is 3. The van der Waals surface area contributed by atoms with Gasteiger partial charge < -0.3 is 39.0 Å². The lowest BCUT2D eigenvalue weighted by molar-refractivity contribution is -0.273. The van der Waals surface area contributed by atoms with Crippen molar-refractivity contribution in [1.29, 1.82) is 0 Å². The molecule has 0 amide bonds. The molecular formula is C39H66O8. The third kappa shape index (κ3) is 8.56. The second-order valence-electron chi connectivity index (χ2n) is 16.6. The van der Waals surface area contributed by atoms with Crippen LogP contribution in [0.2, 0.25) is 0 Å². The fourth-order valence-electron chi connectivity index (χ4n) is 9.19. The van der Waals surface area contributed by atoms with Crippen molar-refractivity contribution in [1.82, 2.24) is 0 Å². The number of ether oxygens (including phenoxy) is 5. The molecule has 0 aliphatic carbocycles. The topological polar surface area (TPSA) is 107 Å². The Labute approximate surface area is 284 Å². The van der Waals surface area contributed by atoms with E-state index in [9.17, 15) is 15.3 Å². The molecule has 5 saturated heterocycles. The van der Waals surface area contributed by atoms with Gasteiger partial charge in [-0.25, -0.2) is 0 Å². The molecule has 0 saturated carbocycles. The lowest BCUT2D eigenvalue weighted by atomic mass is 9.79. The van der Waals surface area contributed by atoms with E-state index in [0.717, 1.165) is 64.2 Å². The van der Waals surface area contributed by atoms with Crippen molar-refractivity contribution in [2.75, 3.05) is 6.61 Å². The average Bonchev–Trinajstić information content (AvgIpc) is 3.27. The zero-order valence-corrected chi connectivity index (χ0v) is 30.1. The highest BCUT2D eigenvalue weighted by Gasteiger charge is 2.58. The zero-order valence-electron chi connectivity index (χ0n) is 30.1. The first-order chi connectivity index (χ1) is 22.3. The van der Waals surface area contributed by atoms with Gasteiger partial charge in [0.2, 0.25) is 0 Å². The molecule has 5 aliphatic heterocycles. The molecule has 0 aromatic carbocycles. The Morgan fingerprint density at radius 2 is 1.55 bits per heavy atom. The monoisotopic (exact) mass is 662 g/mol. The van der Waals surface area contributed by atoms with E-state index in [4.69, 9.17) is 23.7 Å². The van der Waals surface area contributed by atoms with Crippen LogP contribution in [0.5, 0.6) is 0 Å². The van der Waals surface area contributed by atoms with E-state index in [1.807, 2.05) is 13.0 Å². The predicted molar refractivity (Wildman–Crippen MR) is 183 cm³/mol. The first-order valence-corrected chi connectivity index (χ1v) is 18.9. The summed E-state index contributed by atoms with van der Waals surface area (Å²) in [6.07, 6.45) is 14.2. The first-order valence-electron chi connectivity index (χ1n) is 18.9. The second-order valence-corrected chi connectivity index (χ2v) is 16.6. The summed E-state index contributed by atoms with van der Waals surface area (Å²) < 4.78 is 34.3. The van der Waals surface area contributed by atoms with E-state index < -0.39 is 29.0 Å². The number of hydrogen-bond acceptors (Lipinski definition) is 8. The van der Waals surface area contributed by atoms with Gasteiger partial charge in [0.05, 0.1) is 65.6 Å². The van der Waals surface area contributed by atoms with Crippen LogP contribution in [0.3, 0.4) is 0 Å². The molecule has 8 heteroatoms.